The highest BCUT2D eigenvalue weighted by atomic mass is 32.2. The number of hydrogen-bond acceptors (Lipinski definition) is 4. The zero-order chi connectivity index (χ0) is 14.0. The molecule has 2 N–H and O–H groups in total. The molecule has 0 spiro atoms. The van der Waals surface area contributed by atoms with Crippen LogP contribution in [0.4, 0.5) is 0 Å². The molecule has 0 saturated heterocycles. The van der Waals surface area contributed by atoms with Crippen molar-refractivity contribution in [1.29, 1.82) is 0 Å². The van der Waals surface area contributed by atoms with E-state index in [0.717, 1.165) is 21.9 Å². The molecule has 19 heavy (non-hydrogen) atoms. The molecule has 0 aliphatic carbocycles. The van der Waals surface area contributed by atoms with Crippen LogP contribution in [-0.4, -0.2) is 18.3 Å². The van der Waals surface area contributed by atoms with Crippen LogP contribution >= 0.6 is 11.8 Å². The SMILES string of the molecule is COc1ccccc1C1=CC(C(C)(C)C)=NC(N)S1. The molecule has 0 amide bonds. The fraction of sp³-hybridized carbons (Fsp3) is 0.400. The normalized spacial score (nSPS) is 19.7. The van der Waals surface area contributed by atoms with E-state index in [-0.39, 0.29) is 10.9 Å². The van der Waals surface area contributed by atoms with E-state index in [1.807, 2.05) is 18.2 Å². The summed E-state index contributed by atoms with van der Waals surface area (Å²) >= 11 is 1.56. The number of ether oxygens (including phenoxy) is 1. The zero-order valence-corrected chi connectivity index (χ0v) is 12.6. The summed E-state index contributed by atoms with van der Waals surface area (Å²) in [4.78, 5) is 5.64. The lowest BCUT2D eigenvalue weighted by molar-refractivity contribution is 0.414. The van der Waals surface area contributed by atoms with Crippen LogP contribution in [0.2, 0.25) is 0 Å². The van der Waals surface area contributed by atoms with Gasteiger partial charge in [0.05, 0.1) is 7.11 Å². The fourth-order valence-electron chi connectivity index (χ4n) is 1.89. The number of allylic oxidation sites excluding steroid dienone is 1. The summed E-state index contributed by atoms with van der Waals surface area (Å²) in [5.41, 5.74) is 7.87. The predicted molar refractivity (Wildman–Crippen MR) is 83.4 cm³/mol. The number of hydrogen-bond donors (Lipinski definition) is 1. The van der Waals surface area contributed by atoms with Crippen molar-refractivity contribution < 1.29 is 4.74 Å². The lowest BCUT2D eigenvalue weighted by Crippen LogP contribution is -2.26. The second-order valence-electron chi connectivity index (χ2n) is 5.48. The molecule has 2 rings (SSSR count). The molecule has 1 unspecified atom stereocenters. The number of thioether (sulfide) groups is 1. The largest absolute Gasteiger partial charge is 0.496 e. The van der Waals surface area contributed by atoms with Crippen LogP contribution in [0.5, 0.6) is 5.75 Å². The molecular formula is C15H20N2OS. The third kappa shape index (κ3) is 3.19. The molecule has 1 aromatic rings. The predicted octanol–water partition coefficient (Wildman–Crippen LogP) is 3.51. The topological polar surface area (TPSA) is 47.6 Å². The van der Waals surface area contributed by atoms with Gasteiger partial charge >= 0.3 is 0 Å². The van der Waals surface area contributed by atoms with Gasteiger partial charge in [0, 0.05) is 21.6 Å². The molecule has 1 heterocycles. The Morgan fingerprint density at radius 1 is 1.26 bits per heavy atom. The average molecular weight is 276 g/mol. The van der Waals surface area contributed by atoms with Gasteiger partial charge in [-0.2, -0.15) is 0 Å². The maximum absolute atomic E-state index is 6.03. The molecule has 1 aliphatic rings. The maximum atomic E-state index is 6.03. The average Bonchev–Trinajstić information content (AvgIpc) is 2.37. The van der Waals surface area contributed by atoms with Gasteiger partial charge in [-0.3, -0.25) is 4.99 Å². The number of methoxy groups -OCH3 is 1. The van der Waals surface area contributed by atoms with Crippen molar-refractivity contribution in [3.63, 3.8) is 0 Å². The first kappa shape index (κ1) is 14.2. The Labute approximate surface area is 118 Å². The summed E-state index contributed by atoms with van der Waals surface area (Å²) in [6.45, 7) is 6.43. The summed E-state index contributed by atoms with van der Waals surface area (Å²) in [6, 6.07) is 7.99. The monoisotopic (exact) mass is 276 g/mol. The highest BCUT2D eigenvalue weighted by Gasteiger charge is 2.24. The number of nitrogens with two attached hydrogens (primary N) is 1. The van der Waals surface area contributed by atoms with Crippen molar-refractivity contribution in [3.05, 3.63) is 35.9 Å². The fourth-order valence-corrected chi connectivity index (χ4v) is 2.79. The third-order valence-corrected chi connectivity index (χ3v) is 3.86. The van der Waals surface area contributed by atoms with Gasteiger partial charge in [0.25, 0.3) is 0 Å². The van der Waals surface area contributed by atoms with Gasteiger partial charge in [0.15, 0.2) is 0 Å². The summed E-state index contributed by atoms with van der Waals surface area (Å²) in [5, 5.41) is 0. The van der Waals surface area contributed by atoms with Crippen LogP contribution in [-0.2, 0) is 0 Å². The maximum Gasteiger partial charge on any atom is 0.149 e. The van der Waals surface area contributed by atoms with Crippen LogP contribution in [0.25, 0.3) is 4.91 Å². The lowest BCUT2D eigenvalue weighted by atomic mass is 9.89. The first-order chi connectivity index (χ1) is 8.91. The molecule has 0 aromatic heterocycles. The van der Waals surface area contributed by atoms with E-state index in [0.29, 0.717) is 0 Å². The Morgan fingerprint density at radius 3 is 2.58 bits per heavy atom. The quantitative estimate of drug-likeness (QED) is 0.899. The minimum atomic E-state index is -0.251. The molecule has 4 heteroatoms. The van der Waals surface area contributed by atoms with Crippen molar-refractivity contribution in [2.45, 2.75) is 26.3 Å². The Morgan fingerprint density at radius 2 is 1.95 bits per heavy atom. The van der Waals surface area contributed by atoms with Crippen molar-refractivity contribution in [2.24, 2.45) is 16.1 Å². The van der Waals surface area contributed by atoms with Gasteiger partial charge in [-0.15, -0.1) is 0 Å². The van der Waals surface area contributed by atoms with E-state index in [2.05, 4.69) is 37.9 Å². The summed E-state index contributed by atoms with van der Waals surface area (Å²) < 4.78 is 5.42. The van der Waals surface area contributed by atoms with Crippen LogP contribution in [0, 0.1) is 5.41 Å². The molecule has 1 aromatic carbocycles. The van der Waals surface area contributed by atoms with Crippen LogP contribution < -0.4 is 10.5 Å². The number of para-hydroxylation sites is 1. The van der Waals surface area contributed by atoms with Gasteiger partial charge in [-0.1, -0.05) is 50.7 Å². The second-order valence-corrected chi connectivity index (χ2v) is 6.64. The number of benzene rings is 1. The highest BCUT2D eigenvalue weighted by molar-refractivity contribution is 8.08. The van der Waals surface area contributed by atoms with Crippen molar-refractivity contribution in [3.8, 4) is 5.75 Å². The highest BCUT2D eigenvalue weighted by Crippen LogP contribution is 2.39. The first-order valence-corrected chi connectivity index (χ1v) is 7.15. The molecule has 0 bridgehead atoms. The minimum Gasteiger partial charge on any atom is -0.496 e. The second kappa shape index (κ2) is 5.39. The summed E-state index contributed by atoms with van der Waals surface area (Å²) in [5.74, 6) is 0.864. The third-order valence-electron chi connectivity index (χ3n) is 2.92. The molecule has 0 fully saturated rings. The van der Waals surface area contributed by atoms with Gasteiger partial charge in [0.1, 0.15) is 11.2 Å². The van der Waals surface area contributed by atoms with E-state index in [9.17, 15) is 0 Å². The standard InChI is InChI=1S/C15H20N2OS/c1-15(2,3)13-9-12(19-14(16)17-13)10-7-5-6-8-11(10)18-4/h5-9,14H,16H2,1-4H3. The number of nitrogens with zero attached hydrogens (tertiary/aromatic N) is 1. The zero-order valence-electron chi connectivity index (χ0n) is 11.8. The van der Waals surface area contributed by atoms with Gasteiger partial charge in [-0.05, 0) is 12.1 Å². The Balaban J connectivity index is 2.45. The van der Waals surface area contributed by atoms with Gasteiger partial charge in [0.2, 0.25) is 0 Å². The molecule has 0 saturated carbocycles. The van der Waals surface area contributed by atoms with Crippen molar-refractivity contribution in [2.75, 3.05) is 7.11 Å². The Hall–Kier alpha value is -1.26. The Bertz CT molecular complexity index is 529. The van der Waals surface area contributed by atoms with Crippen LogP contribution in [0.3, 0.4) is 0 Å². The van der Waals surface area contributed by atoms with E-state index in [1.54, 1.807) is 18.9 Å². The smallest absolute Gasteiger partial charge is 0.149 e. The van der Waals surface area contributed by atoms with E-state index in [4.69, 9.17) is 10.5 Å². The van der Waals surface area contributed by atoms with Gasteiger partial charge in [-0.25, -0.2) is 0 Å². The number of aliphatic imine (C=N–C) groups is 1. The summed E-state index contributed by atoms with van der Waals surface area (Å²) in [7, 11) is 1.69. The van der Waals surface area contributed by atoms with Crippen molar-refractivity contribution in [1.82, 2.24) is 0 Å². The van der Waals surface area contributed by atoms with E-state index >= 15 is 0 Å². The Kier molecular flexibility index (Phi) is 4.02. The van der Waals surface area contributed by atoms with Crippen LogP contribution in [0.15, 0.2) is 35.3 Å². The molecule has 1 aliphatic heterocycles. The van der Waals surface area contributed by atoms with Crippen LogP contribution in [0.1, 0.15) is 26.3 Å². The number of rotatable bonds is 2. The van der Waals surface area contributed by atoms with Crippen molar-refractivity contribution >= 4 is 22.4 Å². The molecule has 3 nitrogen and oxygen atoms in total. The van der Waals surface area contributed by atoms with E-state index < -0.39 is 0 Å². The first-order valence-electron chi connectivity index (χ1n) is 6.27. The van der Waals surface area contributed by atoms with E-state index in [1.165, 1.54) is 0 Å². The molecule has 102 valence electrons. The molecule has 0 radical (unpaired) electrons. The molecule has 1 atom stereocenters. The molecular weight excluding hydrogens is 256 g/mol. The summed E-state index contributed by atoms with van der Waals surface area (Å²) in [6.07, 6.45) is 2.12. The lowest BCUT2D eigenvalue weighted by Gasteiger charge is -2.26. The van der Waals surface area contributed by atoms with Gasteiger partial charge < -0.3 is 10.5 Å². The minimum absolute atomic E-state index is 0.00807.